The SMILES string of the molecule is COC(CN)CC(=O)Nc1ccccc1N1CCCC1=O.Cl. The number of hydrogen-bond acceptors (Lipinski definition) is 4. The maximum absolute atomic E-state index is 12.0. The van der Waals surface area contributed by atoms with E-state index in [2.05, 4.69) is 5.32 Å². The molecule has 0 saturated carbocycles. The third-order valence-electron chi connectivity index (χ3n) is 3.55. The normalized spacial score (nSPS) is 15.4. The van der Waals surface area contributed by atoms with Crippen molar-refractivity contribution in [2.24, 2.45) is 5.73 Å². The quantitative estimate of drug-likeness (QED) is 0.830. The van der Waals surface area contributed by atoms with E-state index in [1.54, 1.807) is 11.0 Å². The monoisotopic (exact) mass is 327 g/mol. The summed E-state index contributed by atoms with van der Waals surface area (Å²) in [7, 11) is 1.53. The molecule has 1 aliphatic rings. The number of nitrogens with two attached hydrogens (primary N) is 1. The van der Waals surface area contributed by atoms with Crippen molar-refractivity contribution in [3.63, 3.8) is 0 Å². The first kappa shape index (κ1) is 18.4. The van der Waals surface area contributed by atoms with Gasteiger partial charge in [0.2, 0.25) is 11.8 Å². The number of amides is 2. The summed E-state index contributed by atoms with van der Waals surface area (Å²) in [5.41, 5.74) is 6.90. The van der Waals surface area contributed by atoms with Crippen molar-refractivity contribution in [2.45, 2.75) is 25.4 Å². The molecule has 2 amide bonds. The highest BCUT2D eigenvalue weighted by Crippen LogP contribution is 2.29. The molecular weight excluding hydrogens is 306 g/mol. The van der Waals surface area contributed by atoms with E-state index >= 15 is 0 Å². The van der Waals surface area contributed by atoms with Crippen LogP contribution < -0.4 is 16.0 Å². The predicted molar refractivity (Wildman–Crippen MR) is 88.4 cm³/mol. The van der Waals surface area contributed by atoms with Gasteiger partial charge in [-0.3, -0.25) is 9.59 Å². The van der Waals surface area contributed by atoms with Crippen molar-refractivity contribution < 1.29 is 14.3 Å². The molecule has 0 spiro atoms. The summed E-state index contributed by atoms with van der Waals surface area (Å²) in [5.74, 6) is -0.0835. The van der Waals surface area contributed by atoms with E-state index in [1.165, 1.54) is 7.11 Å². The summed E-state index contributed by atoms with van der Waals surface area (Å²) >= 11 is 0. The number of ether oxygens (including phenoxy) is 1. The van der Waals surface area contributed by atoms with Gasteiger partial charge in [-0.05, 0) is 18.6 Å². The minimum absolute atomic E-state index is 0. The number of hydrogen-bond donors (Lipinski definition) is 2. The lowest BCUT2D eigenvalue weighted by Crippen LogP contribution is -2.29. The van der Waals surface area contributed by atoms with E-state index in [0.29, 0.717) is 18.7 Å². The van der Waals surface area contributed by atoms with E-state index in [4.69, 9.17) is 10.5 Å². The first-order valence-corrected chi connectivity index (χ1v) is 7.07. The fourth-order valence-corrected chi connectivity index (χ4v) is 2.39. The molecule has 0 aromatic heterocycles. The van der Waals surface area contributed by atoms with Gasteiger partial charge < -0.3 is 20.7 Å². The minimum Gasteiger partial charge on any atom is -0.380 e. The molecular formula is C15H22ClN3O3. The van der Waals surface area contributed by atoms with Crippen molar-refractivity contribution in [1.82, 2.24) is 0 Å². The highest BCUT2D eigenvalue weighted by atomic mass is 35.5. The molecule has 22 heavy (non-hydrogen) atoms. The lowest BCUT2D eigenvalue weighted by Gasteiger charge is -2.20. The van der Waals surface area contributed by atoms with Crippen LogP contribution in [0.25, 0.3) is 0 Å². The molecule has 0 radical (unpaired) electrons. The summed E-state index contributed by atoms with van der Waals surface area (Å²) < 4.78 is 5.10. The third kappa shape index (κ3) is 4.43. The second kappa shape index (κ2) is 8.73. The van der Waals surface area contributed by atoms with Crippen LogP contribution >= 0.6 is 12.4 Å². The van der Waals surface area contributed by atoms with Gasteiger partial charge in [0.05, 0.1) is 23.9 Å². The van der Waals surface area contributed by atoms with Gasteiger partial charge in [-0.2, -0.15) is 0 Å². The highest BCUT2D eigenvalue weighted by molar-refractivity contribution is 6.02. The Morgan fingerprint density at radius 3 is 2.77 bits per heavy atom. The first-order valence-electron chi connectivity index (χ1n) is 7.07. The first-order chi connectivity index (χ1) is 10.2. The van der Waals surface area contributed by atoms with E-state index in [9.17, 15) is 9.59 Å². The van der Waals surface area contributed by atoms with Crippen molar-refractivity contribution in [3.05, 3.63) is 24.3 Å². The Kier molecular flexibility index (Phi) is 7.31. The zero-order chi connectivity index (χ0) is 15.2. The van der Waals surface area contributed by atoms with Gasteiger partial charge in [-0.25, -0.2) is 0 Å². The zero-order valence-electron chi connectivity index (χ0n) is 12.6. The molecule has 0 aliphatic carbocycles. The average molecular weight is 328 g/mol. The maximum Gasteiger partial charge on any atom is 0.227 e. The van der Waals surface area contributed by atoms with Crippen LogP contribution in [0, 0.1) is 0 Å². The van der Waals surface area contributed by atoms with Crippen molar-refractivity contribution in [1.29, 1.82) is 0 Å². The molecule has 3 N–H and O–H groups in total. The number of carbonyl (C=O) groups is 2. The van der Waals surface area contributed by atoms with Gasteiger partial charge in [0.25, 0.3) is 0 Å². The number of methoxy groups -OCH3 is 1. The molecule has 1 heterocycles. The molecule has 1 aliphatic heterocycles. The van der Waals surface area contributed by atoms with Crippen LogP contribution in [-0.4, -0.2) is 38.1 Å². The zero-order valence-corrected chi connectivity index (χ0v) is 13.4. The van der Waals surface area contributed by atoms with Crippen LogP contribution in [0.1, 0.15) is 19.3 Å². The third-order valence-corrected chi connectivity index (χ3v) is 3.55. The number of anilines is 2. The van der Waals surface area contributed by atoms with Crippen LogP contribution in [0.5, 0.6) is 0 Å². The largest absolute Gasteiger partial charge is 0.380 e. The Bertz CT molecular complexity index is 521. The topological polar surface area (TPSA) is 84.7 Å². The summed E-state index contributed by atoms with van der Waals surface area (Å²) in [5, 5.41) is 2.84. The summed E-state index contributed by atoms with van der Waals surface area (Å²) in [6.45, 7) is 0.978. The second-order valence-corrected chi connectivity index (χ2v) is 5.01. The van der Waals surface area contributed by atoms with Gasteiger partial charge in [0, 0.05) is 26.6 Å². The summed E-state index contributed by atoms with van der Waals surface area (Å²) in [6.07, 6.45) is 1.29. The van der Waals surface area contributed by atoms with E-state index in [-0.39, 0.29) is 43.3 Å². The van der Waals surface area contributed by atoms with Gasteiger partial charge in [0.15, 0.2) is 0 Å². The number of rotatable bonds is 6. The summed E-state index contributed by atoms with van der Waals surface area (Å²) in [4.78, 5) is 25.6. The van der Waals surface area contributed by atoms with Crippen molar-refractivity contribution in [3.8, 4) is 0 Å². The molecule has 1 fully saturated rings. The van der Waals surface area contributed by atoms with Crippen molar-refractivity contribution in [2.75, 3.05) is 30.4 Å². The number of halogens is 1. The van der Waals surface area contributed by atoms with Crippen LogP contribution in [0.15, 0.2) is 24.3 Å². The second-order valence-electron chi connectivity index (χ2n) is 5.01. The molecule has 122 valence electrons. The molecule has 1 atom stereocenters. The van der Waals surface area contributed by atoms with Gasteiger partial charge in [0.1, 0.15) is 0 Å². The smallest absolute Gasteiger partial charge is 0.227 e. The fraction of sp³-hybridized carbons (Fsp3) is 0.467. The van der Waals surface area contributed by atoms with E-state index < -0.39 is 0 Å². The Balaban J connectivity index is 0.00000242. The molecule has 1 saturated heterocycles. The number of para-hydroxylation sites is 2. The maximum atomic E-state index is 12.0. The van der Waals surface area contributed by atoms with Gasteiger partial charge in [-0.15, -0.1) is 12.4 Å². The Hall–Kier alpha value is -1.63. The number of nitrogens with zero attached hydrogens (tertiary/aromatic N) is 1. The molecule has 7 heteroatoms. The predicted octanol–water partition coefficient (Wildman–Crippen LogP) is 1.54. The lowest BCUT2D eigenvalue weighted by molar-refractivity contribution is -0.118. The molecule has 1 aromatic rings. The van der Waals surface area contributed by atoms with Crippen LogP contribution in [-0.2, 0) is 14.3 Å². The lowest BCUT2D eigenvalue weighted by atomic mass is 10.2. The molecule has 2 rings (SSSR count). The fourth-order valence-electron chi connectivity index (χ4n) is 2.39. The Morgan fingerprint density at radius 1 is 1.45 bits per heavy atom. The van der Waals surface area contributed by atoms with Crippen LogP contribution in [0.4, 0.5) is 11.4 Å². The summed E-state index contributed by atoms with van der Waals surface area (Å²) in [6, 6.07) is 7.32. The number of nitrogens with one attached hydrogen (secondary N) is 1. The Labute approximate surface area is 136 Å². The average Bonchev–Trinajstić information content (AvgIpc) is 2.91. The van der Waals surface area contributed by atoms with Crippen LogP contribution in [0.3, 0.4) is 0 Å². The van der Waals surface area contributed by atoms with Gasteiger partial charge >= 0.3 is 0 Å². The molecule has 1 aromatic carbocycles. The molecule has 6 nitrogen and oxygen atoms in total. The molecule has 0 bridgehead atoms. The minimum atomic E-state index is -0.300. The van der Waals surface area contributed by atoms with E-state index in [1.807, 2.05) is 18.2 Å². The van der Waals surface area contributed by atoms with E-state index in [0.717, 1.165) is 12.1 Å². The van der Waals surface area contributed by atoms with Crippen LogP contribution in [0.2, 0.25) is 0 Å². The molecule has 1 unspecified atom stereocenters. The highest BCUT2D eigenvalue weighted by Gasteiger charge is 2.24. The number of carbonyl (C=O) groups excluding carboxylic acids is 2. The number of benzene rings is 1. The van der Waals surface area contributed by atoms with Gasteiger partial charge in [-0.1, -0.05) is 12.1 Å². The standard InChI is InChI=1S/C15H21N3O3.ClH/c1-21-11(10-16)9-14(19)17-12-5-2-3-6-13(12)18-8-4-7-15(18)20;/h2-3,5-6,11H,4,7-10,16H2,1H3,(H,17,19);1H. The van der Waals surface area contributed by atoms with Crippen molar-refractivity contribution >= 4 is 35.6 Å². The Morgan fingerprint density at radius 2 is 2.18 bits per heavy atom.